The van der Waals surface area contributed by atoms with Gasteiger partial charge in [0.15, 0.2) is 0 Å². The Kier molecular flexibility index (Phi) is 21.6. The molecule has 0 saturated carbocycles. The Bertz CT molecular complexity index is 363. The molecule has 0 radical (unpaired) electrons. The summed E-state index contributed by atoms with van der Waals surface area (Å²) in [6.07, 6.45) is 24.1. The molecule has 0 aliphatic rings. The molecule has 0 aromatic rings. The zero-order valence-electron chi connectivity index (χ0n) is 23.0. The fourth-order valence-corrected chi connectivity index (χ4v) is 7.25. The van der Waals surface area contributed by atoms with Crippen LogP contribution in [0.1, 0.15) is 130 Å². The fourth-order valence-electron chi connectivity index (χ4n) is 5.06. The topological polar surface area (TPSA) is 27.7 Å². The zero-order chi connectivity index (χ0) is 24.0. The molecule has 4 nitrogen and oxygen atoms in total. The van der Waals surface area contributed by atoms with E-state index in [1.54, 1.807) is 21.3 Å². The lowest BCUT2D eigenvalue weighted by Gasteiger charge is -2.42. The Morgan fingerprint density at radius 3 is 1.09 bits per heavy atom. The largest absolute Gasteiger partial charge is 0.558 e. The van der Waals surface area contributed by atoms with E-state index in [1.165, 1.54) is 129 Å². The number of unbranched alkanes of at least 4 members (excludes halogenated alkanes) is 14. The molecule has 0 aliphatic carbocycles. The van der Waals surface area contributed by atoms with Crippen LogP contribution in [0.15, 0.2) is 0 Å². The Labute approximate surface area is 203 Å². The van der Waals surface area contributed by atoms with Crippen molar-refractivity contribution in [1.29, 1.82) is 0 Å². The lowest BCUT2D eigenvalue weighted by atomic mass is 10.1. The van der Waals surface area contributed by atoms with Crippen LogP contribution >= 0.6 is 0 Å². The van der Waals surface area contributed by atoms with Crippen LogP contribution < -0.4 is 0 Å². The standard InChI is InChI=1S/C27H60NO3Si/c1-7-10-12-14-16-18-20-22-25-28(24-9-3,27-32(29-4,30-5)31-6)26-23-21-19-17-15-13-11-8-2/h7-27H2,1-6H3/q+1. The molecule has 0 aliphatic heterocycles. The van der Waals surface area contributed by atoms with Gasteiger partial charge in [-0.25, -0.2) is 0 Å². The molecule has 0 fully saturated rings. The van der Waals surface area contributed by atoms with Gasteiger partial charge in [-0.1, -0.05) is 97.8 Å². The fraction of sp³-hybridized carbons (Fsp3) is 1.00. The second-order valence-electron chi connectivity index (χ2n) is 9.92. The maximum absolute atomic E-state index is 5.88. The molecule has 194 valence electrons. The molecule has 0 unspecified atom stereocenters. The molecule has 0 bridgehead atoms. The third kappa shape index (κ3) is 15.1. The summed E-state index contributed by atoms with van der Waals surface area (Å²) in [4.78, 5) is 0. The highest BCUT2D eigenvalue weighted by Crippen LogP contribution is 2.22. The summed E-state index contributed by atoms with van der Waals surface area (Å²) < 4.78 is 18.8. The van der Waals surface area contributed by atoms with Gasteiger partial charge in [0.05, 0.1) is 19.6 Å². The second kappa shape index (κ2) is 21.6. The van der Waals surface area contributed by atoms with Gasteiger partial charge >= 0.3 is 8.80 Å². The minimum atomic E-state index is -2.60. The average Bonchev–Trinajstić information content (AvgIpc) is 2.81. The van der Waals surface area contributed by atoms with Crippen molar-refractivity contribution in [1.82, 2.24) is 0 Å². The molecule has 0 N–H and O–H groups in total. The third-order valence-corrected chi connectivity index (χ3v) is 10.1. The van der Waals surface area contributed by atoms with E-state index in [1.807, 2.05) is 0 Å². The molecule has 0 aromatic carbocycles. The van der Waals surface area contributed by atoms with Crippen molar-refractivity contribution < 1.29 is 17.8 Å². The van der Waals surface area contributed by atoms with Crippen LogP contribution in [-0.2, 0) is 13.3 Å². The van der Waals surface area contributed by atoms with Crippen molar-refractivity contribution in [3.05, 3.63) is 0 Å². The molecule has 0 heterocycles. The Morgan fingerprint density at radius 1 is 0.438 bits per heavy atom. The monoisotopic (exact) mass is 474 g/mol. The van der Waals surface area contributed by atoms with Crippen molar-refractivity contribution >= 4 is 8.80 Å². The minimum Gasteiger partial charge on any atom is -0.374 e. The van der Waals surface area contributed by atoms with E-state index < -0.39 is 8.80 Å². The first-order valence-corrected chi connectivity index (χ1v) is 16.0. The normalized spacial score (nSPS) is 12.6. The van der Waals surface area contributed by atoms with Crippen LogP contribution in [0, 0.1) is 0 Å². The van der Waals surface area contributed by atoms with Gasteiger partial charge in [0, 0.05) is 21.3 Å². The number of hydrogen-bond donors (Lipinski definition) is 0. The van der Waals surface area contributed by atoms with E-state index in [9.17, 15) is 0 Å². The highest BCUT2D eigenvalue weighted by Gasteiger charge is 2.48. The van der Waals surface area contributed by atoms with Crippen LogP contribution in [0.4, 0.5) is 0 Å². The molecule has 0 saturated heterocycles. The van der Waals surface area contributed by atoms with Crippen LogP contribution in [-0.4, -0.2) is 60.4 Å². The highest BCUT2D eigenvalue weighted by atomic mass is 28.4. The van der Waals surface area contributed by atoms with Gasteiger partial charge in [0.25, 0.3) is 0 Å². The van der Waals surface area contributed by atoms with Gasteiger partial charge in [0.2, 0.25) is 0 Å². The van der Waals surface area contributed by atoms with E-state index in [0.717, 1.165) is 10.7 Å². The summed E-state index contributed by atoms with van der Waals surface area (Å²) >= 11 is 0. The Hall–Kier alpha value is 0.0569. The predicted octanol–water partition coefficient (Wildman–Crippen LogP) is 7.91. The summed E-state index contributed by atoms with van der Waals surface area (Å²) in [6.45, 7) is 10.6. The predicted molar refractivity (Wildman–Crippen MR) is 142 cm³/mol. The van der Waals surface area contributed by atoms with Crippen molar-refractivity contribution in [2.45, 2.75) is 130 Å². The molecular weight excluding hydrogens is 414 g/mol. The maximum atomic E-state index is 5.88. The summed E-state index contributed by atoms with van der Waals surface area (Å²) in [7, 11) is 2.71. The summed E-state index contributed by atoms with van der Waals surface area (Å²) in [6, 6.07) is 0. The first-order valence-electron chi connectivity index (χ1n) is 14.1. The van der Waals surface area contributed by atoms with E-state index >= 15 is 0 Å². The minimum absolute atomic E-state index is 0.914. The quantitative estimate of drug-likeness (QED) is 0.0764. The van der Waals surface area contributed by atoms with Gasteiger partial charge in [-0.05, 0) is 32.1 Å². The van der Waals surface area contributed by atoms with Crippen molar-refractivity contribution in [3.63, 3.8) is 0 Å². The molecular formula is C27H60NO3Si+. The molecule has 32 heavy (non-hydrogen) atoms. The SMILES string of the molecule is CCCCCCCCCC[N+](CCC)(CCCCCCCCCC)C[Si](OC)(OC)OC. The highest BCUT2D eigenvalue weighted by molar-refractivity contribution is 6.60. The van der Waals surface area contributed by atoms with E-state index in [0.29, 0.717) is 0 Å². The van der Waals surface area contributed by atoms with E-state index in [-0.39, 0.29) is 0 Å². The molecule has 0 atom stereocenters. The third-order valence-electron chi connectivity index (χ3n) is 7.13. The smallest absolute Gasteiger partial charge is 0.374 e. The van der Waals surface area contributed by atoms with E-state index in [2.05, 4.69) is 20.8 Å². The molecule has 0 rings (SSSR count). The number of hydrogen-bond acceptors (Lipinski definition) is 3. The van der Waals surface area contributed by atoms with Crippen molar-refractivity contribution in [3.8, 4) is 0 Å². The number of nitrogens with zero attached hydrogens (tertiary/aromatic N) is 1. The maximum Gasteiger partial charge on any atom is 0.558 e. The van der Waals surface area contributed by atoms with Gasteiger partial charge in [-0.3, -0.25) is 0 Å². The Balaban J connectivity index is 4.76. The molecule has 5 heteroatoms. The van der Waals surface area contributed by atoms with Gasteiger partial charge in [-0.15, -0.1) is 0 Å². The van der Waals surface area contributed by atoms with Crippen LogP contribution in [0.5, 0.6) is 0 Å². The summed E-state index contributed by atoms with van der Waals surface area (Å²) in [5.41, 5.74) is 0. The van der Waals surface area contributed by atoms with E-state index in [4.69, 9.17) is 13.3 Å². The number of quaternary nitrogens is 1. The molecule has 0 spiro atoms. The molecule has 0 aromatic heterocycles. The first kappa shape index (κ1) is 32.1. The van der Waals surface area contributed by atoms with Crippen molar-refractivity contribution in [2.75, 3.05) is 47.1 Å². The lowest BCUT2D eigenvalue weighted by molar-refractivity contribution is -0.921. The number of rotatable bonds is 25. The van der Waals surface area contributed by atoms with Crippen molar-refractivity contribution in [2.24, 2.45) is 0 Å². The first-order chi connectivity index (χ1) is 15.6. The lowest BCUT2D eigenvalue weighted by Crippen LogP contribution is -2.63. The van der Waals surface area contributed by atoms with Gasteiger partial charge in [-0.2, -0.15) is 0 Å². The summed E-state index contributed by atoms with van der Waals surface area (Å²) in [5.74, 6) is 0. The van der Waals surface area contributed by atoms with Crippen LogP contribution in [0.2, 0.25) is 0 Å². The molecule has 0 amide bonds. The average molecular weight is 475 g/mol. The van der Waals surface area contributed by atoms with Gasteiger partial charge in [0.1, 0.15) is 6.17 Å². The zero-order valence-corrected chi connectivity index (χ0v) is 24.0. The summed E-state index contributed by atoms with van der Waals surface area (Å²) in [5, 5.41) is 0. The Morgan fingerprint density at radius 2 is 0.781 bits per heavy atom. The second-order valence-corrected chi connectivity index (χ2v) is 12.8. The van der Waals surface area contributed by atoms with Crippen LogP contribution in [0.3, 0.4) is 0 Å². The van der Waals surface area contributed by atoms with Gasteiger partial charge < -0.3 is 17.8 Å². The van der Waals surface area contributed by atoms with Crippen LogP contribution in [0.25, 0.3) is 0 Å².